The van der Waals surface area contributed by atoms with E-state index in [0.717, 1.165) is 28.6 Å². The highest BCUT2D eigenvalue weighted by Gasteiger charge is 2.19. The molecule has 2 aromatic heterocycles. The Bertz CT molecular complexity index is 635. The molecule has 6 nitrogen and oxygen atoms in total. The molecular weight excluding hydrogens is 298 g/mol. The third-order valence-electron chi connectivity index (χ3n) is 3.81. The van der Waals surface area contributed by atoms with Gasteiger partial charge in [-0.05, 0) is 34.7 Å². The number of amides is 1. The molecule has 1 atom stereocenters. The fourth-order valence-electron chi connectivity index (χ4n) is 2.36. The molecule has 120 valence electrons. The summed E-state index contributed by atoms with van der Waals surface area (Å²) in [5.74, 6) is -0.0345. The quantitative estimate of drug-likeness (QED) is 0.888. The summed E-state index contributed by atoms with van der Waals surface area (Å²) in [4.78, 5) is 18.6. The van der Waals surface area contributed by atoms with Crippen molar-refractivity contribution in [1.82, 2.24) is 19.7 Å². The topological polar surface area (TPSA) is 63.1 Å². The first-order chi connectivity index (χ1) is 10.4. The number of nitrogens with one attached hydrogen (secondary N) is 1. The van der Waals surface area contributed by atoms with Gasteiger partial charge in [-0.1, -0.05) is 0 Å². The minimum atomic E-state index is -0.0345. The number of aryl methyl sites for hydroxylation is 2. The minimum absolute atomic E-state index is 0.0345. The van der Waals surface area contributed by atoms with Crippen LogP contribution in [0.3, 0.4) is 0 Å². The zero-order chi connectivity index (χ0) is 16.3. The Morgan fingerprint density at radius 1 is 1.50 bits per heavy atom. The molecule has 0 saturated carbocycles. The van der Waals surface area contributed by atoms with E-state index >= 15 is 0 Å². The molecule has 0 aliphatic heterocycles. The van der Waals surface area contributed by atoms with Gasteiger partial charge in [-0.3, -0.25) is 14.4 Å². The van der Waals surface area contributed by atoms with Crippen LogP contribution in [0.5, 0.6) is 0 Å². The number of carbonyl (C=O) groups excluding carboxylic acids is 1. The highest BCUT2D eigenvalue weighted by atomic mass is 32.1. The van der Waals surface area contributed by atoms with E-state index < -0.39 is 0 Å². The van der Waals surface area contributed by atoms with Crippen LogP contribution >= 0.6 is 11.3 Å². The number of hydrogen-bond donors (Lipinski definition) is 1. The zero-order valence-electron chi connectivity index (χ0n) is 13.8. The monoisotopic (exact) mass is 321 g/mol. The molecule has 2 heterocycles. The first kappa shape index (κ1) is 16.6. The van der Waals surface area contributed by atoms with Crippen LogP contribution in [0.2, 0.25) is 0 Å². The fraction of sp³-hybridized carbons (Fsp3) is 0.533. The van der Waals surface area contributed by atoms with Crippen LogP contribution in [-0.4, -0.2) is 39.2 Å². The smallest absolute Gasteiger partial charge is 0.238 e. The molecule has 0 fully saturated rings. The van der Waals surface area contributed by atoms with E-state index in [2.05, 4.69) is 22.3 Å². The van der Waals surface area contributed by atoms with E-state index in [-0.39, 0.29) is 11.9 Å². The van der Waals surface area contributed by atoms with Gasteiger partial charge in [0.05, 0.1) is 29.7 Å². The van der Waals surface area contributed by atoms with E-state index in [1.165, 1.54) is 0 Å². The predicted molar refractivity (Wildman–Crippen MR) is 89.2 cm³/mol. The molecule has 0 radical (unpaired) electrons. The van der Waals surface area contributed by atoms with Gasteiger partial charge in [-0.2, -0.15) is 5.10 Å². The van der Waals surface area contributed by atoms with E-state index in [1.54, 1.807) is 17.5 Å². The molecule has 0 aromatic carbocycles. The number of carbonyl (C=O) groups is 1. The van der Waals surface area contributed by atoms with Crippen LogP contribution in [0.4, 0.5) is 5.69 Å². The van der Waals surface area contributed by atoms with Crippen LogP contribution in [0.1, 0.15) is 36.3 Å². The lowest BCUT2D eigenvalue weighted by atomic mass is 10.3. The van der Waals surface area contributed by atoms with E-state index in [9.17, 15) is 4.79 Å². The standard InChI is InChI=1S/C15H23N5OS/c1-6-20-11(3)14(10(2)18-20)17-13(21)9-19(5)12(4)15-16-7-8-22-15/h7-8,12H,6,9H2,1-5H3,(H,17,21). The lowest BCUT2D eigenvalue weighted by Crippen LogP contribution is -2.32. The number of likely N-dealkylation sites (N-methyl/N-ethyl adjacent to an activating group) is 1. The van der Waals surface area contributed by atoms with E-state index in [0.29, 0.717) is 6.54 Å². The molecule has 7 heteroatoms. The van der Waals surface area contributed by atoms with Crippen molar-refractivity contribution in [3.8, 4) is 0 Å². The number of thiazole rings is 1. The first-order valence-corrected chi connectivity index (χ1v) is 8.25. The second kappa shape index (κ2) is 7.02. The molecule has 0 aliphatic carbocycles. The Morgan fingerprint density at radius 3 is 2.77 bits per heavy atom. The van der Waals surface area contributed by atoms with Crippen LogP contribution < -0.4 is 5.32 Å². The summed E-state index contributed by atoms with van der Waals surface area (Å²) in [6.07, 6.45) is 1.79. The molecule has 2 aromatic rings. The van der Waals surface area contributed by atoms with Crippen molar-refractivity contribution >= 4 is 22.9 Å². The van der Waals surface area contributed by atoms with Crippen molar-refractivity contribution in [2.75, 3.05) is 18.9 Å². The fourth-order valence-corrected chi connectivity index (χ4v) is 3.12. The molecule has 1 N–H and O–H groups in total. The van der Waals surface area contributed by atoms with Gasteiger partial charge >= 0.3 is 0 Å². The summed E-state index contributed by atoms with van der Waals surface area (Å²) in [5.41, 5.74) is 2.66. The second-order valence-corrected chi connectivity index (χ2v) is 6.30. The van der Waals surface area contributed by atoms with Gasteiger partial charge in [-0.15, -0.1) is 11.3 Å². The van der Waals surface area contributed by atoms with E-state index in [4.69, 9.17) is 0 Å². The maximum absolute atomic E-state index is 12.3. The summed E-state index contributed by atoms with van der Waals surface area (Å²) in [6, 6.07) is 0.117. The molecule has 0 bridgehead atoms. The van der Waals surface area contributed by atoms with Crippen molar-refractivity contribution in [2.45, 2.75) is 40.3 Å². The molecule has 2 rings (SSSR count). The zero-order valence-corrected chi connectivity index (χ0v) is 14.6. The normalized spacial score (nSPS) is 12.6. The SMILES string of the molecule is CCn1nc(C)c(NC(=O)CN(C)C(C)c2nccs2)c1C. The van der Waals surface area contributed by atoms with Gasteiger partial charge in [-0.25, -0.2) is 4.98 Å². The Labute approximate surface area is 135 Å². The Hall–Kier alpha value is -1.73. The molecule has 0 saturated heterocycles. The predicted octanol–water partition coefficient (Wildman–Crippen LogP) is 2.61. The summed E-state index contributed by atoms with van der Waals surface area (Å²) < 4.78 is 1.90. The lowest BCUT2D eigenvalue weighted by Gasteiger charge is -2.22. The first-order valence-electron chi connectivity index (χ1n) is 7.37. The Kier molecular flexibility index (Phi) is 5.31. The number of anilines is 1. The van der Waals surface area contributed by atoms with Crippen LogP contribution in [-0.2, 0) is 11.3 Å². The summed E-state index contributed by atoms with van der Waals surface area (Å²) in [5, 5.41) is 10.4. The summed E-state index contributed by atoms with van der Waals surface area (Å²) >= 11 is 1.60. The largest absolute Gasteiger partial charge is 0.322 e. The molecular formula is C15H23N5OS. The molecule has 22 heavy (non-hydrogen) atoms. The number of hydrogen-bond acceptors (Lipinski definition) is 5. The van der Waals surface area contributed by atoms with Crippen molar-refractivity contribution in [1.29, 1.82) is 0 Å². The van der Waals surface area contributed by atoms with Gasteiger partial charge in [0.1, 0.15) is 5.01 Å². The van der Waals surface area contributed by atoms with Crippen molar-refractivity contribution in [2.24, 2.45) is 0 Å². The van der Waals surface area contributed by atoms with Gasteiger partial charge in [0.2, 0.25) is 5.91 Å². The highest BCUT2D eigenvalue weighted by Crippen LogP contribution is 2.22. The lowest BCUT2D eigenvalue weighted by molar-refractivity contribution is -0.117. The highest BCUT2D eigenvalue weighted by molar-refractivity contribution is 7.09. The maximum Gasteiger partial charge on any atom is 0.238 e. The maximum atomic E-state index is 12.3. The van der Waals surface area contributed by atoms with Gasteiger partial charge in [0.15, 0.2) is 0 Å². The van der Waals surface area contributed by atoms with Gasteiger partial charge in [0.25, 0.3) is 0 Å². The summed E-state index contributed by atoms with van der Waals surface area (Å²) in [6.45, 7) is 9.09. The molecule has 1 amide bonds. The average Bonchev–Trinajstić information content (AvgIpc) is 3.10. The number of aromatic nitrogens is 3. The summed E-state index contributed by atoms with van der Waals surface area (Å²) in [7, 11) is 1.93. The molecule has 0 spiro atoms. The average molecular weight is 321 g/mol. The van der Waals surface area contributed by atoms with E-state index in [1.807, 2.05) is 42.8 Å². The third kappa shape index (κ3) is 3.53. The Morgan fingerprint density at radius 2 is 2.23 bits per heavy atom. The van der Waals surface area contributed by atoms with Crippen molar-refractivity contribution in [3.63, 3.8) is 0 Å². The number of nitrogens with zero attached hydrogens (tertiary/aromatic N) is 4. The third-order valence-corrected chi connectivity index (χ3v) is 4.75. The van der Waals surface area contributed by atoms with Gasteiger partial charge in [0, 0.05) is 18.1 Å². The van der Waals surface area contributed by atoms with Crippen LogP contribution in [0.15, 0.2) is 11.6 Å². The minimum Gasteiger partial charge on any atom is -0.322 e. The number of rotatable bonds is 6. The second-order valence-electron chi connectivity index (χ2n) is 5.37. The van der Waals surface area contributed by atoms with Crippen molar-refractivity contribution < 1.29 is 4.79 Å². The Balaban J connectivity index is 2.00. The molecule has 0 aliphatic rings. The molecule has 1 unspecified atom stereocenters. The van der Waals surface area contributed by atoms with Gasteiger partial charge < -0.3 is 5.32 Å². The van der Waals surface area contributed by atoms with Crippen molar-refractivity contribution in [3.05, 3.63) is 28.0 Å². The van der Waals surface area contributed by atoms with Crippen LogP contribution in [0, 0.1) is 13.8 Å². The van der Waals surface area contributed by atoms with Crippen LogP contribution in [0.25, 0.3) is 0 Å².